The second kappa shape index (κ2) is 8.50. The molecule has 0 unspecified atom stereocenters. The second-order valence-corrected chi connectivity index (χ2v) is 9.20. The molecule has 1 aliphatic carbocycles. The number of rotatable bonds is 0. The average molecular weight is 468 g/mol. The summed E-state index contributed by atoms with van der Waals surface area (Å²) in [5.41, 5.74) is 11.6. The summed E-state index contributed by atoms with van der Waals surface area (Å²) in [7, 11) is 0. The maximum absolute atomic E-state index is 3.69. The van der Waals surface area contributed by atoms with Crippen LogP contribution in [0.2, 0.25) is 0 Å². The van der Waals surface area contributed by atoms with E-state index in [9.17, 15) is 0 Å². The van der Waals surface area contributed by atoms with Gasteiger partial charge in [0.05, 0.1) is 0 Å². The first-order valence-corrected chi connectivity index (χ1v) is 8.69. The largest absolute Gasteiger partial charge is 3.00 e. The molecule has 0 fully saturated rings. The number of hydrogen-bond acceptors (Lipinski definition) is 0. The van der Waals surface area contributed by atoms with E-state index in [1.54, 1.807) is 0 Å². The summed E-state index contributed by atoms with van der Waals surface area (Å²) in [6, 6.07) is 10.9. The summed E-state index contributed by atoms with van der Waals surface area (Å²) in [5.74, 6) is 0. The van der Waals surface area contributed by atoms with Crippen molar-refractivity contribution in [2.45, 2.75) is 72.6 Å². The van der Waals surface area contributed by atoms with Crippen molar-refractivity contribution in [3.8, 4) is 11.1 Å². The fourth-order valence-electron chi connectivity index (χ4n) is 4.02. The van der Waals surface area contributed by atoms with Gasteiger partial charge in [0.25, 0.3) is 0 Å². The summed E-state index contributed by atoms with van der Waals surface area (Å²) in [6.07, 6.45) is 1.03. The Bertz CT molecular complexity index is 726. The van der Waals surface area contributed by atoms with Crippen LogP contribution >= 0.6 is 0 Å². The molecule has 0 nitrogen and oxygen atoms in total. The van der Waals surface area contributed by atoms with Crippen LogP contribution in [0.4, 0.5) is 0 Å². The Hall–Kier alpha value is -0.0969. The van der Waals surface area contributed by atoms with E-state index in [4.69, 9.17) is 0 Å². The van der Waals surface area contributed by atoms with E-state index in [-0.39, 0.29) is 61.8 Å². The van der Waals surface area contributed by atoms with Crippen LogP contribution in [0.1, 0.15) is 74.9 Å². The smallest absolute Gasteiger partial charge is 1.00 e. The van der Waals surface area contributed by atoms with Gasteiger partial charge in [0.1, 0.15) is 0 Å². The minimum atomic E-state index is 0. The van der Waals surface area contributed by atoms with E-state index in [1.807, 2.05) is 0 Å². The van der Waals surface area contributed by atoms with Gasteiger partial charge in [-0.25, -0.2) is 0 Å². The number of aryl methyl sites for hydroxylation is 2. The van der Waals surface area contributed by atoms with Crippen molar-refractivity contribution in [2.24, 2.45) is 0 Å². The van der Waals surface area contributed by atoms with Gasteiger partial charge in [0.2, 0.25) is 0 Å². The molecule has 0 atom stereocenters. The van der Waals surface area contributed by atoms with Gasteiger partial charge in [-0.15, -0.1) is 16.7 Å². The van der Waals surface area contributed by atoms with Crippen LogP contribution in [-0.4, -0.2) is 0 Å². The molecular weight excluding hydrogens is 438 g/mol. The molecule has 2 aromatic rings. The van der Waals surface area contributed by atoms with Gasteiger partial charge in [-0.2, -0.15) is 17.7 Å². The molecule has 0 saturated carbocycles. The van der Waals surface area contributed by atoms with Crippen LogP contribution in [0.25, 0.3) is 11.1 Å². The Kier molecular flexibility index (Phi) is 8.47. The van der Waals surface area contributed by atoms with Gasteiger partial charge in [0, 0.05) is 0 Å². The third-order valence-corrected chi connectivity index (χ3v) is 5.08. The number of halogens is 2. The maximum Gasteiger partial charge on any atom is 3.00 e. The summed E-state index contributed by atoms with van der Waals surface area (Å²) in [6.45, 7) is 18.2. The quantitative estimate of drug-likeness (QED) is 0.417. The van der Waals surface area contributed by atoms with Crippen LogP contribution in [0.3, 0.4) is 0 Å². The topological polar surface area (TPSA) is 0 Å². The van der Waals surface area contributed by atoms with Gasteiger partial charge in [-0.05, 0) is 35.4 Å². The van der Waals surface area contributed by atoms with Crippen LogP contribution in [0, 0.1) is 19.9 Å². The van der Waals surface area contributed by atoms with Gasteiger partial charge in [0.15, 0.2) is 0 Å². The van der Waals surface area contributed by atoms with E-state index in [0.717, 1.165) is 6.42 Å². The van der Waals surface area contributed by atoms with Crippen molar-refractivity contribution in [3.05, 3.63) is 57.6 Å². The molecule has 0 spiro atoms. The summed E-state index contributed by atoms with van der Waals surface area (Å²) in [5, 5.41) is 0. The third kappa shape index (κ3) is 4.65. The minimum absolute atomic E-state index is 0. The fourth-order valence-corrected chi connectivity index (χ4v) is 4.02. The SMILES string of the molecule is Cc1[c-]c2c(cc1C(C)(C)C)-c1cc(C(C)(C)C)c(C)cc1C2.[Cl-].[Cl-].[Zr+3]. The minimum Gasteiger partial charge on any atom is -1.00 e. The fraction of sp³-hybridized carbons (Fsp3) is 0.478. The predicted octanol–water partition coefficient (Wildman–Crippen LogP) is 0.275. The van der Waals surface area contributed by atoms with Gasteiger partial charge in [-0.3, -0.25) is 0 Å². The molecule has 0 heterocycles. The Morgan fingerprint density at radius 2 is 1.27 bits per heavy atom. The van der Waals surface area contributed by atoms with E-state index >= 15 is 0 Å². The Balaban J connectivity index is 0.00000208. The molecule has 3 heteroatoms. The second-order valence-electron chi connectivity index (χ2n) is 9.20. The van der Waals surface area contributed by atoms with Gasteiger partial charge < -0.3 is 24.8 Å². The van der Waals surface area contributed by atoms with Crippen molar-refractivity contribution < 1.29 is 51.0 Å². The molecular formula is C23H29Cl2Zr. The van der Waals surface area contributed by atoms with E-state index in [2.05, 4.69) is 79.7 Å². The standard InChI is InChI=1S/C23H29.2ClH.Zr/c1-14-9-16-11-17-10-15(2)21(23(6,7)8)13-19(17)18(16)12-20(14)22(3,4)5;;;/h9,12-13H,11H2,1-8H3;2*1H;/q-1;;;+3/p-2. The Morgan fingerprint density at radius 1 is 0.769 bits per heavy atom. The van der Waals surface area contributed by atoms with Gasteiger partial charge in [-0.1, -0.05) is 71.6 Å². The van der Waals surface area contributed by atoms with E-state index in [0.29, 0.717) is 0 Å². The molecule has 0 saturated heterocycles. The molecule has 0 aliphatic heterocycles. The van der Waals surface area contributed by atoms with Crippen molar-refractivity contribution in [2.75, 3.05) is 0 Å². The molecule has 2 aromatic carbocycles. The normalized spacial score (nSPS) is 12.3. The van der Waals surface area contributed by atoms with E-state index < -0.39 is 0 Å². The first-order valence-electron chi connectivity index (χ1n) is 8.69. The molecule has 0 aromatic heterocycles. The number of benzene rings is 2. The molecule has 3 rings (SSSR count). The molecule has 1 aliphatic rings. The van der Waals surface area contributed by atoms with Crippen molar-refractivity contribution in [1.29, 1.82) is 0 Å². The molecule has 0 amide bonds. The zero-order valence-electron chi connectivity index (χ0n) is 17.2. The molecule has 0 N–H and O–H groups in total. The molecule has 0 bridgehead atoms. The summed E-state index contributed by atoms with van der Waals surface area (Å²) < 4.78 is 0. The molecule has 1 radical (unpaired) electrons. The Morgan fingerprint density at radius 3 is 1.77 bits per heavy atom. The average Bonchev–Trinajstić information content (AvgIpc) is 2.70. The third-order valence-electron chi connectivity index (χ3n) is 5.08. The molecule has 139 valence electrons. The first-order chi connectivity index (χ1) is 10.5. The zero-order valence-corrected chi connectivity index (χ0v) is 21.2. The molecule has 26 heavy (non-hydrogen) atoms. The van der Waals surface area contributed by atoms with Crippen LogP contribution < -0.4 is 24.8 Å². The van der Waals surface area contributed by atoms with Crippen molar-refractivity contribution in [3.63, 3.8) is 0 Å². The summed E-state index contributed by atoms with van der Waals surface area (Å²) >= 11 is 0. The zero-order chi connectivity index (χ0) is 17.2. The monoisotopic (exact) mass is 465 g/mol. The number of fused-ring (bicyclic) bond motifs is 3. The number of hydrogen-bond donors (Lipinski definition) is 0. The van der Waals surface area contributed by atoms with E-state index in [1.165, 1.54) is 44.5 Å². The van der Waals surface area contributed by atoms with Crippen LogP contribution in [0.15, 0.2) is 18.2 Å². The van der Waals surface area contributed by atoms with Crippen LogP contribution in [-0.2, 0) is 43.5 Å². The first kappa shape index (κ1) is 25.9. The van der Waals surface area contributed by atoms with Gasteiger partial charge >= 0.3 is 26.2 Å². The maximum atomic E-state index is 3.69. The summed E-state index contributed by atoms with van der Waals surface area (Å²) in [4.78, 5) is 0. The predicted molar refractivity (Wildman–Crippen MR) is 100 cm³/mol. The van der Waals surface area contributed by atoms with Crippen LogP contribution in [0.5, 0.6) is 0 Å². The Labute approximate surface area is 191 Å². The van der Waals surface area contributed by atoms with Crippen molar-refractivity contribution in [1.82, 2.24) is 0 Å². The van der Waals surface area contributed by atoms with Crippen molar-refractivity contribution >= 4 is 0 Å².